The summed E-state index contributed by atoms with van der Waals surface area (Å²) >= 11 is 0. The first-order valence-corrected chi connectivity index (χ1v) is 6.19. The molecule has 0 rings (SSSR count). The smallest absolute Gasteiger partial charge is 0.393 e. The van der Waals surface area contributed by atoms with Crippen LogP contribution < -0.4 is 0 Å². The lowest BCUT2D eigenvalue weighted by Gasteiger charge is -2.43. The molecule has 1 nitrogen and oxygen atoms in total. The van der Waals surface area contributed by atoms with Crippen LogP contribution in [0.2, 0.25) is 0 Å². The molecule has 0 spiro atoms. The number of aliphatic hydroxyl groups excluding tert-OH is 1. The summed E-state index contributed by atoms with van der Waals surface area (Å²) in [5.74, 6) is -58.2. The Kier molecular flexibility index (Phi) is 6.55. The lowest BCUT2D eigenvalue weighted by Crippen LogP contribution is -2.75. The number of hydrogen-bond donors (Lipinski definition) is 1. The molecule has 0 bridgehead atoms. The van der Waals surface area contributed by atoms with Crippen molar-refractivity contribution in [1.82, 2.24) is 0 Å². The van der Waals surface area contributed by atoms with Crippen molar-refractivity contribution in [2.24, 2.45) is 0 Å². The summed E-state index contributed by atoms with van der Waals surface area (Å²) in [6.45, 7) is -2.84. The molecular weight excluding hydrogens is 478 g/mol. The van der Waals surface area contributed by atoms with E-state index in [1.807, 2.05) is 0 Å². The third-order valence-corrected chi connectivity index (χ3v) is 3.30. The van der Waals surface area contributed by atoms with E-state index in [1.54, 1.807) is 0 Å². The van der Waals surface area contributed by atoms with Gasteiger partial charge in [-0.25, -0.2) is 4.39 Å². The molecule has 0 aliphatic heterocycles. The maximum atomic E-state index is 13.1. The second-order valence-electron chi connectivity index (χ2n) is 5.22. The first-order valence-electron chi connectivity index (χ1n) is 6.19. The second kappa shape index (κ2) is 6.86. The quantitative estimate of drug-likeness (QED) is 0.465. The Labute approximate surface area is 146 Å². The van der Waals surface area contributed by atoms with Crippen LogP contribution in [0.15, 0.2) is 0 Å². The summed E-state index contributed by atoms with van der Waals surface area (Å²) in [7, 11) is 0. The number of alkyl halides is 18. The van der Waals surface area contributed by atoms with Gasteiger partial charge in [-0.3, -0.25) is 0 Å². The molecule has 176 valence electrons. The van der Waals surface area contributed by atoms with E-state index < -0.39 is 60.4 Å². The van der Waals surface area contributed by atoms with Crippen molar-refractivity contribution >= 4 is 0 Å². The highest BCUT2D eigenvalue weighted by Crippen LogP contribution is 2.64. The average Bonchev–Trinajstić information content (AvgIpc) is 2.51. The number of rotatable bonds is 8. The Balaban J connectivity index is 6.73. The number of halogens is 18. The fourth-order valence-corrected chi connectivity index (χ4v) is 1.49. The number of aliphatic hydroxyl groups is 1. The van der Waals surface area contributed by atoms with Crippen molar-refractivity contribution in [2.75, 3.05) is 6.61 Å². The van der Waals surface area contributed by atoms with Crippen molar-refractivity contribution in [3.8, 4) is 0 Å². The fourth-order valence-electron chi connectivity index (χ4n) is 1.49. The predicted molar refractivity (Wildman–Crippen MR) is 52.7 cm³/mol. The minimum absolute atomic E-state index is 2.84. The van der Waals surface area contributed by atoms with Crippen LogP contribution in [-0.4, -0.2) is 65.5 Å². The van der Waals surface area contributed by atoms with Gasteiger partial charge in [0.15, 0.2) is 6.17 Å². The molecule has 0 saturated heterocycles. The van der Waals surface area contributed by atoms with Gasteiger partial charge >= 0.3 is 47.6 Å². The van der Waals surface area contributed by atoms with Gasteiger partial charge in [0.2, 0.25) is 0 Å². The third-order valence-electron chi connectivity index (χ3n) is 3.30. The Morgan fingerprint density at radius 1 is 0.448 bits per heavy atom. The lowest BCUT2D eigenvalue weighted by molar-refractivity contribution is -0.463. The molecule has 1 N–H and O–H groups in total. The Bertz CT molecular complexity index is 588. The Morgan fingerprint density at radius 2 is 0.690 bits per heavy atom. The van der Waals surface area contributed by atoms with Gasteiger partial charge in [0, 0.05) is 0 Å². The van der Waals surface area contributed by atoms with Crippen LogP contribution in [0.1, 0.15) is 0 Å². The van der Waals surface area contributed by atoms with E-state index in [2.05, 4.69) is 0 Å². The molecule has 0 amide bonds. The molecule has 1 atom stereocenters. The van der Waals surface area contributed by atoms with E-state index in [0.717, 1.165) is 0 Å². The molecule has 1 unspecified atom stereocenters. The van der Waals surface area contributed by atoms with E-state index in [0.29, 0.717) is 0 Å². The van der Waals surface area contributed by atoms with Crippen LogP contribution in [0.4, 0.5) is 79.0 Å². The van der Waals surface area contributed by atoms with E-state index in [1.165, 1.54) is 0 Å². The van der Waals surface area contributed by atoms with Gasteiger partial charge in [0.1, 0.15) is 0 Å². The van der Waals surface area contributed by atoms with Crippen molar-refractivity contribution in [2.45, 2.75) is 53.8 Å². The van der Waals surface area contributed by atoms with Gasteiger partial charge in [-0.15, -0.1) is 0 Å². The fraction of sp³-hybridized carbons (Fsp3) is 1.00. The molecule has 29 heavy (non-hydrogen) atoms. The van der Waals surface area contributed by atoms with E-state index >= 15 is 0 Å². The molecule has 0 fully saturated rings. The largest absolute Gasteiger partial charge is 0.460 e. The minimum Gasteiger partial charge on any atom is -0.393 e. The zero-order valence-corrected chi connectivity index (χ0v) is 12.5. The van der Waals surface area contributed by atoms with Crippen molar-refractivity contribution in [1.29, 1.82) is 0 Å². The van der Waals surface area contributed by atoms with Crippen molar-refractivity contribution in [3.63, 3.8) is 0 Å². The normalized spacial score (nSPS) is 17.5. The lowest BCUT2D eigenvalue weighted by atomic mass is 9.88. The molecule has 0 saturated carbocycles. The van der Waals surface area contributed by atoms with Crippen LogP contribution in [0.25, 0.3) is 0 Å². The maximum absolute atomic E-state index is 13.1. The van der Waals surface area contributed by atoms with Gasteiger partial charge in [0.25, 0.3) is 0 Å². The summed E-state index contributed by atoms with van der Waals surface area (Å²) in [4.78, 5) is 0. The maximum Gasteiger partial charge on any atom is 0.460 e. The average molecular weight is 482 g/mol. The van der Waals surface area contributed by atoms with Gasteiger partial charge in [-0.1, -0.05) is 0 Å². The van der Waals surface area contributed by atoms with Gasteiger partial charge in [-0.05, 0) is 0 Å². The molecule has 0 aromatic carbocycles. The molecular formula is C10H4F18O. The highest BCUT2D eigenvalue weighted by atomic mass is 19.4. The molecule has 0 aliphatic carbocycles. The molecule has 0 heterocycles. The molecule has 19 heteroatoms. The van der Waals surface area contributed by atoms with Gasteiger partial charge in [-0.2, -0.15) is 74.6 Å². The summed E-state index contributed by atoms with van der Waals surface area (Å²) in [6.07, 6.45) is -12.7. The van der Waals surface area contributed by atoms with Crippen LogP contribution in [-0.2, 0) is 0 Å². The predicted octanol–water partition coefficient (Wildman–Crippen LogP) is 5.33. The number of hydrogen-bond acceptors (Lipinski definition) is 1. The van der Waals surface area contributed by atoms with Crippen molar-refractivity contribution in [3.05, 3.63) is 0 Å². The highest BCUT2D eigenvalue weighted by molar-refractivity contribution is 5.15. The highest BCUT2D eigenvalue weighted by Gasteiger charge is 2.95. The topological polar surface area (TPSA) is 20.2 Å². The Morgan fingerprint density at radius 3 is 0.931 bits per heavy atom. The zero-order chi connectivity index (χ0) is 24.3. The second-order valence-corrected chi connectivity index (χ2v) is 5.22. The zero-order valence-electron chi connectivity index (χ0n) is 12.5. The molecule has 0 aromatic heterocycles. The van der Waals surface area contributed by atoms with Crippen LogP contribution in [0.5, 0.6) is 0 Å². The monoisotopic (exact) mass is 482 g/mol. The SMILES string of the molecule is OCC(F)C(F)(F)C(F)(F)C(F)(F)C(F)(F)C(F)(F)C(F)(F)C(F)(F)C(F)(F)F. The molecule has 0 aromatic rings. The van der Waals surface area contributed by atoms with Crippen LogP contribution >= 0.6 is 0 Å². The molecule has 0 radical (unpaired) electrons. The third kappa shape index (κ3) is 3.35. The van der Waals surface area contributed by atoms with E-state index in [-0.39, 0.29) is 0 Å². The van der Waals surface area contributed by atoms with E-state index in [4.69, 9.17) is 5.11 Å². The van der Waals surface area contributed by atoms with E-state index in [9.17, 15) is 79.0 Å². The molecule has 0 aliphatic rings. The first kappa shape index (κ1) is 27.7. The summed E-state index contributed by atoms with van der Waals surface area (Å²) in [5.41, 5.74) is 0. The summed E-state index contributed by atoms with van der Waals surface area (Å²) in [6, 6.07) is 0. The first-order chi connectivity index (χ1) is 12.2. The van der Waals surface area contributed by atoms with Gasteiger partial charge in [0.05, 0.1) is 6.61 Å². The Hall–Kier alpha value is -1.30. The van der Waals surface area contributed by atoms with Crippen molar-refractivity contribution < 1.29 is 84.1 Å². The minimum atomic E-state index is -8.76. The standard InChI is InChI=1S/C10H4F18O/c11-2(1-29)3(12,13)4(14,15)5(16,17)6(18,19)7(20,21)8(22,23)9(24,25)10(26,27)28/h2,29H,1H2. The summed E-state index contributed by atoms with van der Waals surface area (Å²) < 4.78 is 229. The van der Waals surface area contributed by atoms with Gasteiger partial charge < -0.3 is 5.11 Å². The van der Waals surface area contributed by atoms with Crippen LogP contribution in [0.3, 0.4) is 0 Å². The van der Waals surface area contributed by atoms with Crippen LogP contribution in [0, 0.1) is 0 Å². The summed E-state index contributed by atoms with van der Waals surface area (Å²) in [5, 5.41) is 7.87.